The number of carboxylic acids is 3. The normalized spacial score (nSPS) is 11.4. The molecule has 16 nitrogen and oxygen atoms in total. The summed E-state index contributed by atoms with van der Waals surface area (Å²) in [5, 5.41) is 32.5. The standard InChI is InChI=1S/C43H76N2O14.3C2H6S2/c1-35(42(52)53)18-15-16-24-44-40(49)34-59-31-28-56-26-17-20-38(47)33-58-30-29-57-27-25-45-39(48)23-22-36(43(54)55)32-37(46)19-13-11-9-7-5-3-2-4-6-8-10-12-14-21-41(50)51;3*1-3-4-2/h35-36H,2-34H2,1H3,(H,44,49)(H,45,48)(H,50,51)(H,52,53)(H,54,55);3*1-2H3/t35-,36+;;;/m0.../s1. The van der Waals surface area contributed by atoms with Crippen molar-refractivity contribution in [2.24, 2.45) is 11.8 Å². The lowest BCUT2D eigenvalue weighted by Crippen LogP contribution is -2.29. The van der Waals surface area contributed by atoms with Crippen molar-refractivity contribution in [1.82, 2.24) is 10.6 Å². The average Bonchev–Trinajstić information content (AvgIpc) is 3.35. The van der Waals surface area contributed by atoms with Gasteiger partial charge in [-0.1, -0.05) is 149 Å². The lowest BCUT2D eigenvalue weighted by molar-refractivity contribution is -0.144. The van der Waals surface area contributed by atoms with Crippen molar-refractivity contribution in [1.29, 1.82) is 0 Å². The molecule has 0 aromatic carbocycles. The first-order valence-electron chi connectivity index (χ1n) is 24.9. The third-order valence-corrected chi connectivity index (χ3v) is 14.3. The Hall–Kier alpha value is -1.37. The minimum Gasteiger partial charge on any atom is -0.481 e. The number of amides is 2. The molecule has 0 aliphatic carbocycles. The molecule has 2 amide bonds. The fourth-order valence-corrected chi connectivity index (χ4v) is 6.10. The van der Waals surface area contributed by atoms with E-state index in [0.717, 1.165) is 51.4 Å². The van der Waals surface area contributed by atoms with Crippen molar-refractivity contribution >= 4 is 106 Å². The van der Waals surface area contributed by atoms with Gasteiger partial charge in [0.25, 0.3) is 0 Å². The molecule has 0 aliphatic heterocycles. The van der Waals surface area contributed by atoms with Gasteiger partial charge in [-0.05, 0) is 76.1 Å². The van der Waals surface area contributed by atoms with Crippen LogP contribution < -0.4 is 10.6 Å². The van der Waals surface area contributed by atoms with Gasteiger partial charge in [-0.3, -0.25) is 33.6 Å². The van der Waals surface area contributed by atoms with E-state index >= 15 is 0 Å². The van der Waals surface area contributed by atoms with E-state index in [9.17, 15) is 38.7 Å². The molecule has 0 saturated carbocycles. The van der Waals surface area contributed by atoms with E-state index < -0.39 is 29.7 Å². The van der Waals surface area contributed by atoms with Crippen molar-refractivity contribution in [3.8, 4) is 0 Å². The van der Waals surface area contributed by atoms with Gasteiger partial charge in [0.05, 0.1) is 44.9 Å². The van der Waals surface area contributed by atoms with Gasteiger partial charge in [0.15, 0.2) is 5.78 Å². The van der Waals surface area contributed by atoms with Crippen LogP contribution in [0.15, 0.2) is 0 Å². The van der Waals surface area contributed by atoms with Crippen molar-refractivity contribution in [3.05, 3.63) is 0 Å². The molecule has 420 valence electrons. The lowest BCUT2D eigenvalue weighted by atomic mass is 9.94. The Kier molecular flexibility index (Phi) is 67.5. The lowest BCUT2D eigenvalue weighted by Gasteiger charge is -2.12. The largest absolute Gasteiger partial charge is 0.481 e. The number of nitrogens with one attached hydrogen (secondary N) is 2. The van der Waals surface area contributed by atoms with Crippen LogP contribution in [0.3, 0.4) is 0 Å². The fraction of sp³-hybridized carbons (Fsp3) is 0.857. The third-order valence-electron chi connectivity index (χ3n) is 10.3. The van der Waals surface area contributed by atoms with Crippen LogP contribution in [0, 0.1) is 11.8 Å². The van der Waals surface area contributed by atoms with E-state index in [1.807, 2.05) is 0 Å². The van der Waals surface area contributed by atoms with Crippen LogP contribution in [0.25, 0.3) is 0 Å². The van der Waals surface area contributed by atoms with Gasteiger partial charge in [-0.15, -0.1) is 0 Å². The van der Waals surface area contributed by atoms with Crippen LogP contribution in [-0.2, 0) is 52.5 Å². The minimum absolute atomic E-state index is 0.000270. The zero-order valence-electron chi connectivity index (χ0n) is 44.3. The topological polar surface area (TPSA) is 241 Å². The highest BCUT2D eigenvalue weighted by Crippen LogP contribution is 2.17. The predicted molar refractivity (Wildman–Crippen MR) is 302 cm³/mol. The van der Waals surface area contributed by atoms with Gasteiger partial charge in [-0.2, -0.15) is 0 Å². The quantitative estimate of drug-likeness (QED) is 0.0281. The maximum atomic E-state index is 12.4. The highest BCUT2D eigenvalue weighted by molar-refractivity contribution is 8.76. The van der Waals surface area contributed by atoms with E-state index in [1.165, 1.54) is 38.5 Å². The number of hydrogen-bond acceptors (Lipinski definition) is 17. The first-order chi connectivity index (χ1) is 34.2. The molecule has 0 fully saturated rings. The monoisotopic (exact) mass is 1130 g/mol. The van der Waals surface area contributed by atoms with Crippen LogP contribution in [0.2, 0.25) is 0 Å². The summed E-state index contributed by atoms with van der Waals surface area (Å²) in [6.07, 6.45) is 29.7. The zero-order valence-corrected chi connectivity index (χ0v) is 49.2. The molecular weight excluding hydrogens is 1030 g/mol. The van der Waals surface area contributed by atoms with E-state index in [1.54, 1.807) is 71.7 Å². The van der Waals surface area contributed by atoms with Crippen LogP contribution in [-0.4, -0.2) is 160 Å². The molecule has 0 saturated heterocycles. The molecule has 0 aromatic heterocycles. The van der Waals surface area contributed by atoms with E-state index in [-0.39, 0.29) is 95.3 Å². The third kappa shape index (κ3) is 68.6. The summed E-state index contributed by atoms with van der Waals surface area (Å²) in [6, 6.07) is 0. The summed E-state index contributed by atoms with van der Waals surface area (Å²) in [5.74, 6) is -4.60. The zero-order chi connectivity index (χ0) is 54.0. The Balaban J connectivity index is -0.00000166. The molecule has 0 radical (unpaired) electrons. The summed E-state index contributed by atoms with van der Waals surface area (Å²) in [4.78, 5) is 81.4. The second-order valence-corrected chi connectivity index (χ2v) is 24.2. The van der Waals surface area contributed by atoms with Crippen LogP contribution in [0.5, 0.6) is 0 Å². The van der Waals surface area contributed by atoms with E-state index in [2.05, 4.69) is 48.2 Å². The van der Waals surface area contributed by atoms with Gasteiger partial charge in [0, 0.05) is 51.8 Å². The summed E-state index contributed by atoms with van der Waals surface area (Å²) < 4.78 is 21.4. The number of carbonyl (C=O) groups excluding carboxylic acids is 4. The molecule has 5 N–H and O–H groups in total. The molecule has 0 aromatic rings. The highest BCUT2D eigenvalue weighted by Gasteiger charge is 2.22. The molecule has 0 spiro atoms. The van der Waals surface area contributed by atoms with Crippen molar-refractivity contribution < 1.29 is 67.8 Å². The maximum Gasteiger partial charge on any atom is 0.306 e. The van der Waals surface area contributed by atoms with Gasteiger partial charge < -0.3 is 44.9 Å². The number of carboxylic acid groups (broad SMARTS) is 3. The summed E-state index contributed by atoms with van der Waals surface area (Å²) in [5.41, 5.74) is 0. The average molecular weight is 1130 g/mol. The Morgan fingerprint density at radius 1 is 0.408 bits per heavy atom. The molecule has 0 heterocycles. The molecule has 0 unspecified atom stereocenters. The predicted octanol–water partition coefficient (Wildman–Crippen LogP) is 10.8. The van der Waals surface area contributed by atoms with Crippen molar-refractivity contribution in [2.75, 3.05) is 103 Å². The van der Waals surface area contributed by atoms with E-state index in [0.29, 0.717) is 51.9 Å². The van der Waals surface area contributed by atoms with Gasteiger partial charge in [-0.25, -0.2) is 0 Å². The smallest absolute Gasteiger partial charge is 0.306 e. The van der Waals surface area contributed by atoms with Crippen LogP contribution >= 0.6 is 64.8 Å². The summed E-state index contributed by atoms with van der Waals surface area (Å²) in [7, 11) is 10.6. The maximum absolute atomic E-state index is 12.4. The molecule has 2 atom stereocenters. The molecular formula is C49H94N2O14S6. The number of unbranched alkanes of at least 4 members (excludes halogenated alkanes) is 13. The Morgan fingerprint density at radius 3 is 1.32 bits per heavy atom. The van der Waals surface area contributed by atoms with Gasteiger partial charge >= 0.3 is 17.9 Å². The first kappa shape index (κ1) is 76.1. The Bertz CT molecular complexity index is 1260. The molecule has 0 aliphatic rings. The second-order valence-electron chi connectivity index (χ2n) is 16.2. The Labute approximate surface area is 451 Å². The van der Waals surface area contributed by atoms with Gasteiger partial charge in [0.2, 0.25) is 11.8 Å². The van der Waals surface area contributed by atoms with Crippen LogP contribution in [0.4, 0.5) is 0 Å². The van der Waals surface area contributed by atoms with Crippen molar-refractivity contribution in [3.63, 3.8) is 0 Å². The van der Waals surface area contributed by atoms with Crippen molar-refractivity contribution in [2.45, 2.75) is 155 Å². The number of Topliss-reactive ketones (excluding diaryl/α,β-unsaturated/α-hetero) is 2. The number of aliphatic carboxylic acids is 3. The van der Waals surface area contributed by atoms with Gasteiger partial charge in [0.1, 0.15) is 19.0 Å². The van der Waals surface area contributed by atoms with E-state index in [4.69, 9.17) is 29.2 Å². The fourth-order valence-electron chi connectivity index (χ4n) is 6.10. The SMILES string of the molecule is CSSC.CSSC.CSSC.C[C@@H](CCCCNC(=O)COCCOCCCC(=O)COCCOCCNC(=O)CC[C@H](CC(=O)CCCCCCCCCCCCCCCC(=O)O)C(=O)O)C(=O)O. The molecule has 22 heteroatoms. The number of rotatable bonds is 48. The second kappa shape index (κ2) is 62.9. The summed E-state index contributed by atoms with van der Waals surface area (Å²) in [6.45, 7) is 3.80. The van der Waals surface area contributed by atoms with Crippen LogP contribution in [0.1, 0.15) is 155 Å². The summed E-state index contributed by atoms with van der Waals surface area (Å²) >= 11 is 0. The number of ketones is 2. The Morgan fingerprint density at radius 2 is 0.845 bits per heavy atom. The highest BCUT2D eigenvalue weighted by atomic mass is 33.1. The minimum atomic E-state index is -1.07. The number of carbonyl (C=O) groups is 7. The number of hydrogen-bond donors (Lipinski definition) is 5. The molecule has 71 heavy (non-hydrogen) atoms. The molecule has 0 bridgehead atoms. The first-order valence-corrected chi connectivity index (χ1v) is 33.8. The number of ether oxygens (including phenoxy) is 4. The molecule has 0 rings (SSSR count).